The van der Waals surface area contributed by atoms with Gasteiger partial charge in [-0.2, -0.15) is 4.98 Å². The summed E-state index contributed by atoms with van der Waals surface area (Å²) < 4.78 is 5.92. The number of rotatable bonds is 10. The number of nitrogens with zero attached hydrogens (tertiary/aromatic N) is 4. The smallest absolute Gasteiger partial charge is 0.229 e. The van der Waals surface area contributed by atoms with Crippen LogP contribution in [-0.4, -0.2) is 58.0 Å². The summed E-state index contributed by atoms with van der Waals surface area (Å²) in [6, 6.07) is 11.6. The lowest BCUT2D eigenvalue weighted by molar-refractivity contribution is -0.122. The van der Waals surface area contributed by atoms with E-state index < -0.39 is 0 Å². The van der Waals surface area contributed by atoms with Gasteiger partial charge in [-0.05, 0) is 74.5 Å². The first-order chi connectivity index (χ1) is 18.6. The molecule has 9 heteroatoms. The normalized spacial score (nSPS) is 24.0. The lowest BCUT2D eigenvalue weighted by Gasteiger charge is -2.28. The minimum absolute atomic E-state index is 0.113. The molecule has 1 saturated heterocycles. The number of carbonyl (C=O) groups is 1. The Morgan fingerprint density at radius 1 is 1.08 bits per heavy atom. The highest BCUT2D eigenvalue weighted by Crippen LogP contribution is 2.45. The standard InChI is InChI=1S/C29H33N7O2/c30-27(37)25-19-5-6-20(16-19)26(25)34-28-24(21-4-3-11-31-17-21)18-32-29(35-28)33-22-7-9-23(10-8-22)38-15-14-36-12-1-2-13-36/h3-11,17-20,25-26H,1-2,12-16H2,(H2,30,37)(H2,32,33,34,35)/t19-,20+,25?,26-/m1/s1. The summed E-state index contributed by atoms with van der Waals surface area (Å²) in [5.74, 6) is 1.81. The molecule has 2 aliphatic carbocycles. The number of carbonyl (C=O) groups excluding carboxylic acids is 1. The number of pyridine rings is 1. The molecule has 9 nitrogen and oxygen atoms in total. The number of ether oxygens (including phenoxy) is 1. The van der Waals surface area contributed by atoms with Crippen molar-refractivity contribution < 1.29 is 9.53 Å². The molecule has 3 aliphatic rings. The summed E-state index contributed by atoms with van der Waals surface area (Å²) in [5, 5.41) is 6.85. The Hall–Kier alpha value is -3.98. The first kappa shape index (κ1) is 24.4. The maximum Gasteiger partial charge on any atom is 0.229 e. The summed E-state index contributed by atoms with van der Waals surface area (Å²) in [5.41, 5.74) is 8.37. The van der Waals surface area contributed by atoms with Gasteiger partial charge in [0.1, 0.15) is 18.2 Å². The number of fused-ring (bicyclic) bond motifs is 2. The number of benzene rings is 1. The van der Waals surface area contributed by atoms with Gasteiger partial charge >= 0.3 is 0 Å². The average Bonchev–Trinajstić information content (AvgIpc) is 3.69. The van der Waals surface area contributed by atoms with Gasteiger partial charge < -0.3 is 21.1 Å². The minimum atomic E-state index is -0.280. The van der Waals surface area contributed by atoms with Gasteiger partial charge in [-0.25, -0.2) is 4.98 Å². The zero-order valence-corrected chi connectivity index (χ0v) is 21.3. The Morgan fingerprint density at radius 2 is 1.89 bits per heavy atom. The molecule has 1 aromatic carbocycles. The van der Waals surface area contributed by atoms with Crippen LogP contribution in [0, 0.1) is 17.8 Å². The highest BCUT2D eigenvalue weighted by Gasteiger charge is 2.47. The number of nitrogens with one attached hydrogen (secondary N) is 2. The summed E-state index contributed by atoms with van der Waals surface area (Å²) >= 11 is 0. The molecule has 0 radical (unpaired) electrons. The maximum atomic E-state index is 12.3. The number of anilines is 3. The van der Waals surface area contributed by atoms with Gasteiger partial charge in [0.2, 0.25) is 11.9 Å². The Morgan fingerprint density at radius 3 is 2.66 bits per heavy atom. The van der Waals surface area contributed by atoms with E-state index in [1.54, 1.807) is 18.6 Å². The molecule has 1 aliphatic heterocycles. The molecule has 2 aromatic heterocycles. The van der Waals surface area contributed by atoms with Crippen LogP contribution in [0.15, 0.2) is 67.1 Å². The number of likely N-dealkylation sites (tertiary alicyclic amines) is 1. The summed E-state index contributed by atoms with van der Waals surface area (Å²) in [4.78, 5) is 28.4. The summed E-state index contributed by atoms with van der Waals surface area (Å²) in [6.45, 7) is 3.99. The SMILES string of the molecule is NC(=O)C1[C@@H]2C=C[C@@H](C2)[C@H]1Nc1nc(Nc2ccc(OCCN3CCCC3)cc2)ncc1-c1cccnc1. The molecule has 1 amide bonds. The Bertz CT molecular complexity index is 1290. The Balaban J connectivity index is 1.19. The molecule has 4 N–H and O–H groups in total. The van der Waals surface area contributed by atoms with Gasteiger partial charge in [-0.15, -0.1) is 0 Å². The molecule has 3 aromatic rings. The number of aromatic nitrogens is 3. The highest BCUT2D eigenvalue weighted by atomic mass is 16.5. The van der Waals surface area contributed by atoms with Crippen molar-refractivity contribution in [3.05, 3.63) is 67.1 Å². The lowest BCUT2D eigenvalue weighted by Crippen LogP contribution is -2.41. The second kappa shape index (κ2) is 10.8. The quantitative estimate of drug-likeness (QED) is 0.351. The fraction of sp³-hybridized carbons (Fsp3) is 0.379. The topological polar surface area (TPSA) is 118 Å². The van der Waals surface area contributed by atoms with Gasteiger partial charge in [0, 0.05) is 48.0 Å². The molecular weight excluding hydrogens is 478 g/mol. The number of nitrogens with two attached hydrogens (primary N) is 1. The van der Waals surface area contributed by atoms with Crippen molar-refractivity contribution in [2.24, 2.45) is 23.5 Å². The van der Waals surface area contributed by atoms with Crippen molar-refractivity contribution in [2.45, 2.75) is 25.3 Å². The molecule has 4 atom stereocenters. The van der Waals surface area contributed by atoms with Gasteiger partial charge in [0.25, 0.3) is 0 Å². The number of allylic oxidation sites excluding steroid dienone is 1. The van der Waals surface area contributed by atoms with E-state index >= 15 is 0 Å². The Kier molecular flexibility index (Phi) is 6.92. The number of amides is 1. The molecule has 0 spiro atoms. The number of hydrogen-bond acceptors (Lipinski definition) is 8. The van der Waals surface area contributed by atoms with E-state index in [1.807, 2.05) is 36.4 Å². The van der Waals surface area contributed by atoms with Crippen molar-refractivity contribution in [3.8, 4) is 16.9 Å². The Labute approximate surface area is 222 Å². The van der Waals surface area contributed by atoms with Crippen LogP contribution in [0.3, 0.4) is 0 Å². The van der Waals surface area contributed by atoms with E-state index in [2.05, 4.69) is 37.7 Å². The molecule has 2 fully saturated rings. The molecule has 1 saturated carbocycles. The van der Waals surface area contributed by atoms with Crippen molar-refractivity contribution >= 4 is 23.4 Å². The van der Waals surface area contributed by atoms with Gasteiger partial charge in [0.05, 0.1) is 5.92 Å². The van der Waals surface area contributed by atoms with Crippen LogP contribution in [0.1, 0.15) is 19.3 Å². The van der Waals surface area contributed by atoms with Crippen LogP contribution in [0.5, 0.6) is 5.75 Å². The van der Waals surface area contributed by atoms with Crippen LogP contribution >= 0.6 is 0 Å². The van der Waals surface area contributed by atoms with Crippen molar-refractivity contribution in [1.29, 1.82) is 0 Å². The van der Waals surface area contributed by atoms with Gasteiger partial charge in [-0.3, -0.25) is 14.7 Å². The van der Waals surface area contributed by atoms with Crippen LogP contribution < -0.4 is 21.1 Å². The van der Waals surface area contributed by atoms with Crippen molar-refractivity contribution in [2.75, 3.05) is 36.9 Å². The van der Waals surface area contributed by atoms with Crippen LogP contribution in [0.4, 0.5) is 17.5 Å². The first-order valence-electron chi connectivity index (χ1n) is 13.4. The van der Waals surface area contributed by atoms with E-state index in [4.69, 9.17) is 15.5 Å². The largest absolute Gasteiger partial charge is 0.492 e. The van der Waals surface area contributed by atoms with E-state index in [1.165, 1.54) is 25.9 Å². The first-order valence-corrected chi connectivity index (χ1v) is 13.4. The van der Waals surface area contributed by atoms with Gasteiger partial charge in [0.15, 0.2) is 0 Å². The average molecular weight is 512 g/mol. The van der Waals surface area contributed by atoms with E-state index in [0.717, 1.165) is 35.5 Å². The zero-order valence-electron chi connectivity index (χ0n) is 21.3. The van der Waals surface area contributed by atoms with E-state index in [-0.39, 0.29) is 29.7 Å². The minimum Gasteiger partial charge on any atom is -0.492 e. The third-order valence-electron chi connectivity index (χ3n) is 7.84. The molecule has 196 valence electrons. The highest BCUT2D eigenvalue weighted by molar-refractivity contribution is 5.81. The van der Waals surface area contributed by atoms with Crippen LogP contribution in [-0.2, 0) is 4.79 Å². The summed E-state index contributed by atoms with van der Waals surface area (Å²) in [6.07, 6.45) is 13.1. The predicted molar refractivity (Wildman–Crippen MR) is 147 cm³/mol. The zero-order chi connectivity index (χ0) is 25.9. The fourth-order valence-corrected chi connectivity index (χ4v) is 5.91. The second-order valence-corrected chi connectivity index (χ2v) is 10.3. The second-order valence-electron chi connectivity index (χ2n) is 10.3. The molecular formula is C29H33N7O2. The fourth-order valence-electron chi connectivity index (χ4n) is 5.91. The maximum absolute atomic E-state index is 12.3. The van der Waals surface area contributed by atoms with Crippen LogP contribution in [0.25, 0.3) is 11.1 Å². The van der Waals surface area contributed by atoms with Gasteiger partial charge in [-0.1, -0.05) is 18.2 Å². The number of primary amides is 1. The molecule has 2 bridgehead atoms. The molecule has 1 unspecified atom stereocenters. The van der Waals surface area contributed by atoms with Crippen LogP contribution in [0.2, 0.25) is 0 Å². The third kappa shape index (κ3) is 5.19. The van der Waals surface area contributed by atoms with E-state index in [0.29, 0.717) is 18.4 Å². The van der Waals surface area contributed by atoms with Crippen molar-refractivity contribution in [3.63, 3.8) is 0 Å². The summed E-state index contributed by atoms with van der Waals surface area (Å²) in [7, 11) is 0. The van der Waals surface area contributed by atoms with Crippen molar-refractivity contribution in [1.82, 2.24) is 19.9 Å². The third-order valence-corrected chi connectivity index (χ3v) is 7.84. The van der Waals surface area contributed by atoms with E-state index in [9.17, 15) is 4.79 Å². The molecule has 38 heavy (non-hydrogen) atoms. The number of hydrogen-bond donors (Lipinski definition) is 3. The predicted octanol–water partition coefficient (Wildman–Crippen LogP) is 3.84. The monoisotopic (exact) mass is 511 g/mol. The molecule has 3 heterocycles. The lowest BCUT2D eigenvalue weighted by atomic mass is 9.88. The molecule has 6 rings (SSSR count).